The number of benzene rings is 7. The molecule has 3 aromatic heterocycles. The molecule has 7 aromatic carbocycles. The topological polar surface area (TPSA) is 44.9 Å². The quantitative estimate of drug-likeness (QED) is 0.143. The van der Waals surface area contributed by atoms with Crippen molar-refractivity contribution < 1.29 is 25.8 Å². The van der Waals surface area contributed by atoms with Gasteiger partial charge in [0, 0.05) is 40.0 Å². The molecule has 0 unspecified atom stereocenters. The minimum atomic E-state index is 0. The Morgan fingerprint density at radius 2 is 1.15 bits per heavy atom. The second kappa shape index (κ2) is 15.9. The first kappa shape index (κ1) is 37.7. The van der Waals surface area contributed by atoms with E-state index in [2.05, 4.69) is 177 Å². The summed E-state index contributed by atoms with van der Waals surface area (Å²) < 4.78 is 10.7. The van der Waals surface area contributed by atoms with E-state index in [1.54, 1.807) is 0 Å². The van der Waals surface area contributed by atoms with Gasteiger partial charge in [0.2, 0.25) is 0 Å². The molecule has 0 aliphatic heterocycles. The fourth-order valence-corrected chi connectivity index (χ4v) is 8.19. The molecule has 0 radical (unpaired) electrons. The number of fused-ring (bicyclic) bond motifs is 3. The van der Waals surface area contributed by atoms with Crippen LogP contribution in [0.1, 0.15) is 17.0 Å². The van der Waals surface area contributed by atoms with Crippen LogP contribution in [0.2, 0.25) is 0 Å². The number of aromatic nitrogens is 4. The number of aryl methyl sites for hydroxylation is 2. The number of nitrogens with zero attached hydrogens (tertiary/aromatic N) is 4. The van der Waals surface area contributed by atoms with E-state index >= 15 is 0 Å². The summed E-state index contributed by atoms with van der Waals surface area (Å²) in [6, 6.07) is 66.2. The van der Waals surface area contributed by atoms with Crippen LogP contribution < -0.4 is 4.74 Å². The minimum absolute atomic E-state index is 0. The van der Waals surface area contributed by atoms with Crippen molar-refractivity contribution >= 4 is 21.8 Å². The van der Waals surface area contributed by atoms with E-state index in [-0.39, 0.29) is 21.1 Å². The summed E-state index contributed by atoms with van der Waals surface area (Å²) in [7, 11) is 0. The Bertz CT molecular complexity index is 3050. The average Bonchev–Trinajstić information content (AvgIpc) is 3.76. The summed E-state index contributed by atoms with van der Waals surface area (Å²) in [4.78, 5) is 4.73. The van der Waals surface area contributed by atoms with Gasteiger partial charge >= 0.3 is 21.1 Å². The molecule has 286 valence electrons. The van der Waals surface area contributed by atoms with E-state index in [4.69, 9.17) is 14.8 Å². The fourth-order valence-electron chi connectivity index (χ4n) is 8.19. The molecule has 0 spiro atoms. The molecule has 0 fully saturated rings. The van der Waals surface area contributed by atoms with Gasteiger partial charge in [-0.25, -0.2) is 4.98 Å². The Kier molecular flexibility index (Phi) is 10.1. The second-order valence-corrected chi connectivity index (χ2v) is 14.6. The first-order valence-electron chi connectivity index (χ1n) is 19.5. The molecular formula is C53H38N4OPt. The Labute approximate surface area is 358 Å². The van der Waals surface area contributed by atoms with Crippen molar-refractivity contribution in [3.63, 3.8) is 0 Å². The first-order valence-corrected chi connectivity index (χ1v) is 19.5. The van der Waals surface area contributed by atoms with Gasteiger partial charge in [0.25, 0.3) is 0 Å². The standard InChI is InChI=1S/C53H38N4O.Pt/c1-35-28-29-54-51(30-35)56-49-25-14-13-24-45(49)46-27-26-44(34-50(46)56)58-43-23-15-22-42(33-43)57-37(3)52(36(2)55-57)53-47(39-18-9-5-10-19-39)31-41(38-16-7-4-8-17-38)32-48(53)40-20-11-6-12-21-40;/h4-32H,1-3H3;/q-2;+2. The van der Waals surface area contributed by atoms with Crippen LogP contribution in [0.15, 0.2) is 176 Å². The molecule has 10 rings (SSSR count). The summed E-state index contributed by atoms with van der Waals surface area (Å²) in [5.41, 5.74) is 15.0. The van der Waals surface area contributed by atoms with Crippen LogP contribution in [0.3, 0.4) is 0 Å². The molecular weight excluding hydrogens is 904 g/mol. The van der Waals surface area contributed by atoms with Gasteiger partial charge in [-0.3, -0.25) is 4.68 Å². The molecule has 0 bridgehead atoms. The average molecular weight is 942 g/mol. The largest absolute Gasteiger partial charge is 2.00 e. The van der Waals surface area contributed by atoms with Crippen molar-refractivity contribution in [1.29, 1.82) is 0 Å². The summed E-state index contributed by atoms with van der Waals surface area (Å²) in [5, 5.41) is 7.41. The normalized spacial score (nSPS) is 11.2. The Hall–Kier alpha value is -6.81. The van der Waals surface area contributed by atoms with Crippen molar-refractivity contribution in [2.24, 2.45) is 0 Å². The van der Waals surface area contributed by atoms with Crippen LogP contribution in [-0.2, 0) is 21.1 Å². The van der Waals surface area contributed by atoms with Crippen molar-refractivity contribution in [3.05, 3.63) is 205 Å². The van der Waals surface area contributed by atoms with Crippen LogP contribution in [0.5, 0.6) is 11.5 Å². The van der Waals surface area contributed by atoms with Crippen molar-refractivity contribution in [3.8, 4) is 67.5 Å². The van der Waals surface area contributed by atoms with E-state index in [0.29, 0.717) is 11.5 Å². The Morgan fingerprint density at radius 1 is 0.525 bits per heavy atom. The molecule has 0 saturated carbocycles. The SMILES string of the molecule is Cc1ccnc(-n2c3[c-]c(Oc4[c-]c(-n5nc(C)c(-c6c(-c7ccccc7)cc(-c7ccccc7)cc6-c6ccccc6)c5C)ccc4)ccc3c3ccccc32)c1.[Pt+2]. The van der Waals surface area contributed by atoms with Crippen molar-refractivity contribution in [2.75, 3.05) is 0 Å². The minimum Gasteiger partial charge on any atom is -0.509 e. The third kappa shape index (κ3) is 6.98. The maximum atomic E-state index is 6.54. The molecule has 0 amide bonds. The number of pyridine rings is 1. The first-order chi connectivity index (χ1) is 28.5. The van der Waals surface area contributed by atoms with E-state index in [1.165, 1.54) is 5.56 Å². The molecule has 5 nitrogen and oxygen atoms in total. The van der Waals surface area contributed by atoms with Gasteiger partial charge in [0.05, 0.1) is 5.69 Å². The number of hydrogen-bond donors (Lipinski definition) is 0. The molecule has 0 saturated heterocycles. The van der Waals surface area contributed by atoms with Crippen molar-refractivity contribution in [1.82, 2.24) is 19.3 Å². The predicted octanol–water partition coefficient (Wildman–Crippen LogP) is 13.3. The monoisotopic (exact) mass is 941 g/mol. The second-order valence-electron chi connectivity index (χ2n) is 14.6. The molecule has 10 aromatic rings. The number of rotatable bonds is 8. The smallest absolute Gasteiger partial charge is 0.509 e. The zero-order chi connectivity index (χ0) is 39.2. The van der Waals surface area contributed by atoms with E-state index in [9.17, 15) is 0 Å². The van der Waals surface area contributed by atoms with E-state index in [1.807, 2.05) is 41.2 Å². The Balaban J connectivity index is 0.00000449. The van der Waals surface area contributed by atoms with Crippen LogP contribution in [0, 0.1) is 32.9 Å². The van der Waals surface area contributed by atoms with E-state index < -0.39 is 0 Å². The zero-order valence-corrected chi connectivity index (χ0v) is 35.0. The summed E-state index contributed by atoms with van der Waals surface area (Å²) in [5.74, 6) is 2.00. The number of para-hydroxylation sites is 1. The number of ether oxygens (including phenoxy) is 1. The van der Waals surface area contributed by atoms with Crippen LogP contribution in [0.25, 0.3) is 77.8 Å². The molecule has 3 heterocycles. The summed E-state index contributed by atoms with van der Waals surface area (Å²) >= 11 is 0. The number of hydrogen-bond acceptors (Lipinski definition) is 3. The molecule has 6 heteroatoms. The molecule has 0 atom stereocenters. The molecule has 59 heavy (non-hydrogen) atoms. The van der Waals surface area contributed by atoms with Gasteiger partial charge in [-0.15, -0.1) is 35.7 Å². The van der Waals surface area contributed by atoms with Crippen LogP contribution in [0.4, 0.5) is 0 Å². The summed E-state index contributed by atoms with van der Waals surface area (Å²) in [6.45, 7) is 6.32. The van der Waals surface area contributed by atoms with Crippen molar-refractivity contribution in [2.45, 2.75) is 20.8 Å². The fraction of sp³-hybridized carbons (Fsp3) is 0.0566. The maximum Gasteiger partial charge on any atom is 2.00 e. The third-order valence-electron chi connectivity index (χ3n) is 10.8. The van der Waals surface area contributed by atoms with Gasteiger partial charge in [0.1, 0.15) is 5.82 Å². The predicted molar refractivity (Wildman–Crippen MR) is 236 cm³/mol. The Morgan fingerprint density at radius 3 is 1.83 bits per heavy atom. The van der Waals surface area contributed by atoms with Gasteiger partial charge in [-0.2, -0.15) is 17.2 Å². The van der Waals surface area contributed by atoms with E-state index in [0.717, 1.165) is 89.2 Å². The van der Waals surface area contributed by atoms with Gasteiger partial charge in [0.15, 0.2) is 0 Å². The summed E-state index contributed by atoms with van der Waals surface area (Å²) in [6.07, 6.45) is 1.85. The van der Waals surface area contributed by atoms with Gasteiger partial charge in [-0.05, 0) is 101 Å². The zero-order valence-electron chi connectivity index (χ0n) is 32.8. The van der Waals surface area contributed by atoms with Gasteiger partial charge in [-0.1, -0.05) is 115 Å². The maximum absolute atomic E-state index is 6.54. The molecule has 0 aliphatic rings. The third-order valence-corrected chi connectivity index (χ3v) is 10.8. The molecule has 0 aliphatic carbocycles. The molecule has 0 N–H and O–H groups in total. The van der Waals surface area contributed by atoms with Crippen LogP contribution >= 0.6 is 0 Å². The van der Waals surface area contributed by atoms with Crippen LogP contribution in [-0.4, -0.2) is 19.3 Å². The van der Waals surface area contributed by atoms with Gasteiger partial charge < -0.3 is 9.30 Å².